The van der Waals surface area contributed by atoms with Gasteiger partial charge in [0.15, 0.2) is 0 Å². The summed E-state index contributed by atoms with van der Waals surface area (Å²) in [6.07, 6.45) is 7.11. The normalized spacial score (nSPS) is 10.8. The Hall–Kier alpha value is 0.0700. The van der Waals surface area contributed by atoms with Crippen LogP contribution in [0.4, 0.5) is 0 Å². The molecule has 16 heavy (non-hydrogen) atoms. The summed E-state index contributed by atoms with van der Waals surface area (Å²) in [4.78, 5) is 3.39. The molecule has 1 aromatic rings. The van der Waals surface area contributed by atoms with Crippen LogP contribution in [-0.4, -0.2) is 23.9 Å². The molecule has 0 spiro atoms. The van der Waals surface area contributed by atoms with Crippen molar-refractivity contribution in [3.63, 3.8) is 0 Å². The second-order valence-corrected chi connectivity index (χ2v) is 5.85. The van der Waals surface area contributed by atoms with Crippen molar-refractivity contribution < 1.29 is 5.11 Å². The molecule has 0 heterocycles. The molecule has 0 saturated heterocycles. The first kappa shape index (κ1) is 14.1. The molecule has 0 saturated carbocycles. The highest BCUT2D eigenvalue weighted by Crippen LogP contribution is 2.45. The van der Waals surface area contributed by atoms with Crippen LogP contribution in [0.2, 0.25) is 0 Å². The minimum Gasteiger partial charge on any atom is -0.506 e. The quantitative estimate of drug-likeness (QED) is 0.819. The molecule has 1 nitrogen and oxygen atoms in total. The number of rotatable bonds is 4. The molecule has 1 aromatic carbocycles. The van der Waals surface area contributed by atoms with Gasteiger partial charge in [0.05, 0.1) is 9.79 Å². The van der Waals surface area contributed by atoms with Gasteiger partial charge in [0, 0.05) is 4.90 Å². The van der Waals surface area contributed by atoms with Crippen LogP contribution in [0.3, 0.4) is 0 Å². The lowest BCUT2D eigenvalue weighted by Crippen LogP contribution is -1.96. The van der Waals surface area contributed by atoms with Gasteiger partial charge in [-0.1, -0.05) is 6.92 Å². The van der Waals surface area contributed by atoms with E-state index in [9.17, 15) is 5.11 Å². The Kier molecular flexibility index (Phi) is 5.41. The number of phenols is 1. The fourth-order valence-electron chi connectivity index (χ4n) is 1.92. The molecule has 1 N–H and O–H groups in total. The minimum absolute atomic E-state index is 0.465. The van der Waals surface area contributed by atoms with Crippen LogP contribution in [0.15, 0.2) is 14.7 Å². The summed E-state index contributed by atoms with van der Waals surface area (Å²) in [5.41, 5.74) is 2.50. The third-order valence-electron chi connectivity index (χ3n) is 2.63. The largest absolute Gasteiger partial charge is 0.506 e. The molecule has 0 amide bonds. The zero-order valence-electron chi connectivity index (χ0n) is 10.4. The van der Waals surface area contributed by atoms with Crippen LogP contribution in [0.5, 0.6) is 5.75 Å². The summed E-state index contributed by atoms with van der Waals surface area (Å²) in [6.45, 7) is 4.24. The Morgan fingerprint density at radius 3 is 1.81 bits per heavy atom. The predicted octanol–water partition coefficient (Wildman–Crippen LogP) is 4.43. The Labute approximate surface area is 111 Å². The average Bonchev–Trinajstić information content (AvgIpc) is 2.29. The van der Waals surface area contributed by atoms with Gasteiger partial charge >= 0.3 is 0 Å². The standard InChI is InChI=1S/C12H18OS3/c1-6-8-10(14-3)7(2)11(15-4)9(13)12(8)16-5/h13H,6H2,1-5H3. The highest BCUT2D eigenvalue weighted by atomic mass is 32.2. The Balaban J connectivity index is 3.61. The van der Waals surface area contributed by atoms with E-state index < -0.39 is 0 Å². The summed E-state index contributed by atoms with van der Waals surface area (Å²) in [6, 6.07) is 0. The van der Waals surface area contributed by atoms with E-state index in [1.165, 1.54) is 16.0 Å². The fourth-order valence-corrected chi connectivity index (χ4v) is 4.51. The van der Waals surface area contributed by atoms with Crippen LogP contribution in [0.1, 0.15) is 18.1 Å². The molecular formula is C12H18OS3. The van der Waals surface area contributed by atoms with E-state index in [1.807, 2.05) is 12.5 Å². The van der Waals surface area contributed by atoms with Crippen molar-refractivity contribution in [2.24, 2.45) is 0 Å². The van der Waals surface area contributed by atoms with E-state index in [1.54, 1.807) is 35.3 Å². The van der Waals surface area contributed by atoms with Crippen LogP contribution < -0.4 is 0 Å². The number of aromatic hydroxyl groups is 1. The van der Waals surface area contributed by atoms with Crippen molar-refractivity contribution in [2.45, 2.75) is 35.0 Å². The van der Waals surface area contributed by atoms with Crippen molar-refractivity contribution in [3.8, 4) is 5.75 Å². The maximum Gasteiger partial charge on any atom is 0.143 e. The SMILES string of the molecule is CCc1c(SC)c(C)c(SC)c(O)c1SC. The lowest BCUT2D eigenvalue weighted by molar-refractivity contribution is 0.445. The van der Waals surface area contributed by atoms with Gasteiger partial charge in [-0.25, -0.2) is 0 Å². The number of phenolic OH excluding ortho intramolecular Hbond substituents is 1. The zero-order valence-corrected chi connectivity index (χ0v) is 12.8. The second kappa shape index (κ2) is 6.12. The summed E-state index contributed by atoms with van der Waals surface area (Å²) in [7, 11) is 0. The molecule has 0 unspecified atom stereocenters. The third-order valence-corrected chi connectivity index (χ3v) is 5.34. The van der Waals surface area contributed by atoms with Crippen molar-refractivity contribution >= 4 is 35.3 Å². The topological polar surface area (TPSA) is 20.2 Å². The van der Waals surface area contributed by atoms with Gasteiger partial charge < -0.3 is 5.11 Å². The van der Waals surface area contributed by atoms with Gasteiger partial charge in [-0.3, -0.25) is 0 Å². The van der Waals surface area contributed by atoms with Crippen LogP contribution in [0.25, 0.3) is 0 Å². The van der Waals surface area contributed by atoms with Gasteiger partial charge in [0.25, 0.3) is 0 Å². The Bertz CT molecular complexity index is 357. The van der Waals surface area contributed by atoms with Crippen molar-refractivity contribution in [3.05, 3.63) is 11.1 Å². The monoisotopic (exact) mass is 274 g/mol. The third kappa shape index (κ3) is 2.34. The van der Waals surface area contributed by atoms with E-state index in [4.69, 9.17) is 0 Å². The lowest BCUT2D eigenvalue weighted by Gasteiger charge is -2.18. The number of hydrogen-bond acceptors (Lipinski definition) is 4. The molecule has 1 rings (SSSR count). The number of thioether (sulfide) groups is 3. The predicted molar refractivity (Wildman–Crippen MR) is 77.6 cm³/mol. The van der Waals surface area contributed by atoms with Gasteiger partial charge in [-0.15, -0.1) is 35.3 Å². The number of hydrogen-bond donors (Lipinski definition) is 1. The summed E-state index contributed by atoms with van der Waals surface area (Å²) >= 11 is 5.04. The van der Waals surface area contributed by atoms with E-state index in [0.717, 1.165) is 16.2 Å². The van der Waals surface area contributed by atoms with E-state index in [0.29, 0.717) is 5.75 Å². The molecule has 90 valence electrons. The molecule has 0 aliphatic rings. The molecular weight excluding hydrogens is 256 g/mol. The molecule has 0 bridgehead atoms. The molecule has 0 radical (unpaired) electrons. The Morgan fingerprint density at radius 1 is 0.938 bits per heavy atom. The second-order valence-electron chi connectivity index (χ2n) is 3.41. The Morgan fingerprint density at radius 2 is 1.44 bits per heavy atom. The minimum atomic E-state index is 0.465. The maximum absolute atomic E-state index is 10.3. The average molecular weight is 274 g/mol. The highest BCUT2D eigenvalue weighted by Gasteiger charge is 2.19. The first-order chi connectivity index (χ1) is 7.62. The molecule has 0 atom stereocenters. The van der Waals surface area contributed by atoms with Gasteiger partial charge in [-0.2, -0.15) is 0 Å². The van der Waals surface area contributed by atoms with E-state index in [2.05, 4.69) is 20.1 Å². The van der Waals surface area contributed by atoms with Gasteiger partial charge in [0.2, 0.25) is 0 Å². The molecule has 0 fully saturated rings. The number of benzene rings is 1. The molecule has 4 heteroatoms. The van der Waals surface area contributed by atoms with Gasteiger partial charge in [0.1, 0.15) is 5.75 Å². The summed E-state index contributed by atoms with van der Waals surface area (Å²) in [5.74, 6) is 0.465. The molecule has 0 aliphatic heterocycles. The van der Waals surface area contributed by atoms with Crippen molar-refractivity contribution in [1.82, 2.24) is 0 Å². The summed E-state index contributed by atoms with van der Waals surface area (Å²) in [5, 5.41) is 10.3. The maximum atomic E-state index is 10.3. The van der Waals surface area contributed by atoms with E-state index in [-0.39, 0.29) is 0 Å². The summed E-state index contributed by atoms with van der Waals surface area (Å²) < 4.78 is 0. The first-order valence-corrected chi connectivity index (χ1v) is 8.80. The van der Waals surface area contributed by atoms with Crippen molar-refractivity contribution in [1.29, 1.82) is 0 Å². The highest BCUT2D eigenvalue weighted by molar-refractivity contribution is 8.00. The van der Waals surface area contributed by atoms with Crippen LogP contribution in [0, 0.1) is 6.92 Å². The smallest absolute Gasteiger partial charge is 0.143 e. The van der Waals surface area contributed by atoms with Crippen LogP contribution in [-0.2, 0) is 6.42 Å². The lowest BCUT2D eigenvalue weighted by atomic mass is 10.1. The van der Waals surface area contributed by atoms with Gasteiger partial charge in [-0.05, 0) is 43.2 Å². The van der Waals surface area contributed by atoms with Crippen LogP contribution >= 0.6 is 35.3 Å². The first-order valence-electron chi connectivity index (χ1n) is 5.12. The fraction of sp³-hybridized carbons (Fsp3) is 0.500. The molecule has 0 aliphatic carbocycles. The van der Waals surface area contributed by atoms with E-state index >= 15 is 0 Å². The molecule has 0 aromatic heterocycles. The zero-order chi connectivity index (χ0) is 12.3. The van der Waals surface area contributed by atoms with Crippen molar-refractivity contribution in [2.75, 3.05) is 18.8 Å².